The highest BCUT2D eigenvalue weighted by Gasteiger charge is 2.24. The van der Waals surface area contributed by atoms with E-state index >= 15 is 0 Å². The highest BCUT2D eigenvalue weighted by molar-refractivity contribution is 7.47. The van der Waals surface area contributed by atoms with Gasteiger partial charge in [0.1, 0.15) is 6.10 Å². The molecule has 43 heavy (non-hydrogen) atoms. The summed E-state index contributed by atoms with van der Waals surface area (Å²) in [5, 5.41) is 0. The van der Waals surface area contributed by atoms with Gasteiger partial charge in [-0.1, -0.05) is 120 Å². The Hall–Kier alpha value is -1.54. The van der Waals surface area contributed by atoms with Crippen molar-refractivity contribution in [3.8, 4) is 0 Å². The molecule has 0 saturated heterocycles. The van der Waals surface area contributed by atoms with Gasteiger partial charge in [-0.15, -0.1) is 0 Å². The number of esters is 1. The van der Waals surface area contributed by atoms with E-state index in [1.807, 2.05) is 0 Å². The number of phosphoric acid groups is 1. The first-order valence-corrected chi connectivity index (χ1v) is 18.1. The maximum absolute atomic E-state index is 11.8. The first-order valence-electron chi connectivity index (χ1n) is 16.6. The first-order chi connectivity index (χ1) is 20.9. The summed E-state index contributed by atoms with van der Waals surface area (Å²) in [4.78, 5) is 21.3. The van der Waals surface area contributed by atoms with Crippen LogP contribution in [0.3, 0.4) is 0 Å². The van der Waals surface area contributed by atoms with Gasteiger partial charge in [-0.2, -0.15) is 0 Å². The van der Waals surface area contributed by atoms with Crippen molar-refractivity contribution in [1.29, 1.82) is 0 Å². The highest BCUT2D eigenvalue weighted by Crippen LogP contribution is 2.43. The molecule has 0 aromatic carbocycles. The number of carbonyl (C=O) groups is 1. The van der Waals surface area contributed by atoms with Crippen LogP contribution in [0.2, 0.25) is 0 Å². The zero-order valence-electron chi connectivity index (χ0n) is 27.2. The largest absolute Gasteiger partial charge is 0.472 e. The van der Waals surface area contributed by atoms with E-state index in [1.165, 1.54) is 64.2 Å². The zero-order chi connectivity index (χ0) is 31.7. The molecule has 8 nitrogen and oxygen atoms in total. The minimum Gasteiger partial charge on any atom is -0.457 e. The Kier molecular flexibility index (Phi) is 30.7. The number of rotatable bonds is 31. The summed E-state index contributed by atoms with van der Waals surface area (Å²) in [5.41, 5.74) is 5.27. The Balaban J connectivity index is 3.61. The summed E-state index contributed by atoms with van der Waals surface area (Å²) in [6.45, 7) is 4.20. The number of ether oxygens (including phenoxy) is 2. The molecule has 2 atom stereocenters. The molecule has 0 saturated carbocycles. The number of nitrogens with two attached hydrogens (primary N) is 1. The molecule has 0 aliphatic rings. The fourth-order valence-corrected chi connectivity index (χ4v) is 4.90. The molecule has 0 heterocycles. The monoisotopic (exact) mass is 627 g/mol. The molecule has 0 aliphatic carbocycles. The quantitative estimate of drug-likeness (QED) is 0.0339. The maximum Gasteiger partial charge on any atom is 0.472 e. The minimum atomic E-state index is -4.23. The Morgan fingerprint density at radius 3 is 1.74 bits per heavy atom. The summed E-state index contributed by atoms with van der Waals surface area (Å²) in [5.74, 6) is -0.422. The average Bonchev–Trinajstić information content (AvgIpc) is 3.00. The normalized spacial score (nSPS) is 14.4. The van der Waals surface area contributed by atoms with Gasteiger partial charge >= 0.3 is 13.8 Å². The molecule has 9 heteroatoms. The SMILES string of the molecule is CC/C=C\C/C=C\C/C=C\C/C=C\CCCCCCCCCCCCCOCC(COP(=O)(O)OCCN)OC(=O)CC. The van der Waals surface area contributed by atoms with Crippen LogP contribution >= 0.6 is 7.82 Å². The summed E-state index contributed by atoms with van der Waals surface area (Å²) >= 11 is 0. The molecule has 2 unspecified atom stereocenters. The molecule has 0 aliphatic heterocycles. The molecule has 0 aromatic rings. The molecular weight excluding hydrogens is 565 g/mol. The van der Waals surface area contributed by atoms with E-state index in [0.717, 1.165) is 38.5 Å². The fraction of sp³-hybridized carbons (Fsp3) is 0.735. The van der Waals surface area contributed by atoms with Gasteiger partial charge in [0.2, 0.25) is 0 Å². The van der Waals surface area contributed by atoms with Gasteiger partial charge in [0.05, 0.1) is 19.8 Å². The van der Waals surface area contributed by atoms with Crippen LogP contribution in [0.15, 0.2) is 48.6 Å². The Bertz CT molecular complexity index is 798. The van der Waals surface area contributed by atoms with E-state index in [-0.39, 0.29) is 32.8 Å². The van der Waals surface area contributed by atoms with Crippen molar-refractivity contribution in [2.75, 3.05) is 33.0 Å². The van der Waals surface area contributed by atoms with E-state index in [4.69, 9.17) is 24.3 Å². The number of hydrogen-bond acceptors (Lipinski definition) is 7. The van der Waals surface area contributed by atoms with Crippen LogP contribution in [0, 0.1) is 0 Å². The van der Waals surface area contributed by atoms with Crippen molar-refractivity contribution < 1.29 is 32.8 Å². The molecular formula is C34H62NO7P. The number of hydrogen-bond donors (Lipinski definition) is 2. The van der Waals surface area contributed by atoms with Gasteiger partial charge in [0.25, 0.3) is 0 Å². The fourth-order valence-electron chi connectivity index (χ4n) is 4.14. The molecule has 250 valence electrons. The third kappa shape index (κ3) is 31.7. The summed E-state index contributed by atoms with van der Waals surface area (Å²) < 4.78 is 32.3. The Morgan fingerprint density at radius 1 is 0.698 bits per heavy atom. The molecule has 0 spiro atoms. The van der Waals surface area contributed by atoms with Gasteiger partial charge in [-0.25, -0.2) is 4.57 Å². The molecule has 0 fully saturated rings. The van der Waals surface area contributed by atoms with Gasteiger partial charge in [-0.3, -0.25) is 13.8 Å². The van der Waals surface area contributed by atoms with Crippen LogP contribution in [0.25, 0.3) is 0 Å². The van der Waals surface area contributed by atoms with Crippen molar-refractivity contribution in [2.45, 2.75) is 129 Å². The number of carbonyl (C=O) groups excluding carboxylic acids is 1. The van der Waals surface area contributed by atoms with Crippen LogP contribution in [0.4, 0.5) is 0 Å². The van der Waals surface area contributed by atoms with Crippen LogP contribution < -0.4 is 5.73 Å². The summed E-state index contributed by atoms with van der Waals surface area (Å²) in [6, 6.07) is 0. The van der Waals surface area contributed by atoms with E-state index in [2.05, 4.69) is 55.5 Å². The number of phosphoric ester groups is 1. The number of allylic oxidation sites excluding steroid dienone is 8. The lowest BCUT2D eigenvalue weighted by atomic mass is 10.1. The van der Waals surface area contributed by atoms with E-state index in [9.17, 15) is 14.3 Å². The van der Waals surface area contributed by atoms with Crippen molar-refractivity contribution in [1.82, 2.24) is 0 Å². The second kappa shape index (κ2) is 31.9. The van der Waals surface area contributed by atoms with Gasteiger partial charge in [0.15, 0.2) is 0 Å². The van der Waals surface area contributed by atoms with Crippen LogP contribution in [-0.4, -0.2) is 49.9 Å². The van der Waals surface area contributed by atoms with Crippen LogP contribution in [-0.2, 0) is 27.9 Å². The lowest BCUT2D eigenvalue weighted by Gasteiger charge is -2.19. The third-order valence-corrected chi connectivity index (χ3v) is 7.55. The highest BCUT2D eigenvalue weighted by atomic mass is 31.2. The van der Waals surface area contributed by atoms with Crippen molar-refractivity contribution in [3.63, 3.8) is 0 Å². The lowest BCUT2D eigenvalue weighted by Crippen LogP contribution is -2.28. The number of unbranched alkanes of at least 4 members (excludes halogenated alkanes) is 11. The molecule has 0 radical (unpaired) electrons. The zero-order valence-corrected chi connectivity index (χ0v) is 28.1. The third-order valence-electron chi connectivity index (χ3n) is 6.56. The molecule has 0 amide bonds. The first kappa shape index (κ1) is 41.5. The second-order valence-corrected chi connectivity index (χ2v) is 12.1. The Labute approximate surface area is 262 Å². The topological polar surface area (TPSA) is 117 Å². The van der Waals surface area contributed by atoms with E-state index in [0.29, 0.717) is 6.61 Å². The van der Waals surface area contributed by atoms with E-state index in [1.54, 1.807) is 6.92 Å². The predicted octanol–water partition coefficient (Wildman–Crippen LogP) is 8.90. The van der Waals surface area contributed by atoms with Gasteiger partial charge in [-0.05, 0) is 44.9 Å². The van der Waals surface area contributed by atoms with Crippen molar-refractivity contribution >= 4 is 13.8 Å². The van der Waals surface area contributed by atoms with Gasteiger partial charge < -0.3 is 20.1 Å². The average molecular weight is 628 g/mol. The second-order valence-electron chi connectivity index (χ2n) is 10.6. The molecule has 3 N–H and O–H groups in total. The maximum atomic E-state index is 11.8. The summed E-state index contributed by atoms with van der Waals surface area (Å²) in [7, 11) is -4.23. The van der Waals surface area contributed by atoms with Crippen LogP contribution in [0.1, 0.15) is 123 Å². The van der Waals surface area contributed by atoms with E-state index < -0.39 is 19.9 Å². The standard InChI is InChI=1S/C34H62NO7P/c1-3-5-6-7-8-9-10-11-12-13-14-15-16-17-18-19-20-21-22-23-24-25-26-27-29-39-31-33(42-34(36)4-2)32-41-43(37,38)40-30-28-35/h5-6,8-9,11-12,14-15,33H,3-4,7,10,13,16-32,35H2,1-2H3,(H,37,38)/b6-5-,9-8-,12-11-,15-14-. The van der Waals surface area contributed by atoms with Crippen molar-refractivity contribution in [2.24, 2.45) is 5.73 Å². The smallest absolute Gasteiger partial charge is 0.457 e. The van der Waals surface area contributed by atoms with Crippen LogP contribution in [0.5, 0.6) is 0 Å². The minimum absolute atomic E-state index is 0.0967. The molecule has 0 aromatic heterocycles. The Morgan fingerprint density at radius 2 is 1.21 bits per heavy atom. The molecule has 0 rings (SSSR count). The molecule has 0 bridgehead atoms. The van der Waals surface area contributed by atoms with Gasteiger partial charge in [0, 0.05) is 19.6 Å². The lowest BCUT2D eigenvalue weighted by molar-refractivity contribution is -0.154. The predicted molar refractivity (Wildman–Crippen MR) is 178 cm³/mol. The van der Waals surface area contributed by atoms with Crippen molar-refractivity contribution in [3.05, 3.63) is 48.6 Å². The summed E-state index contributed by atoms with van der Waals surface area (Å²) in [6.07, 6.45) is 36.4.